The van der Waals surface area contributed by atoms with Crippen molar-refractivity contribution in [3.05, 3.63) is 28.8 Å². The van der Waals surface area contributed by atoms with Crippen LogP contribution in [0, 0.1) is 0 Å². The van der Waals surface area contributed by atoms with Crippen molar-refractivity contribution in [1.29, 1.82) is 0 Å². The molecule has 0 aliphatic carbocycles. The third-order valence-electron chi connectivity index (χ3n) is 1.71. The highest BCUT2D eigenvalue weighted by Crippen LogP contribution is 2.27. The van der Waals surface area contributed by atoms with Gasteiger partial charge >= 0.3 is 0 Å². The Kier molecular flexibility index (Phi) is 3.85. The molecule has 0 amide bonds. The number of aliphatic hydroxyl groups excluding tert-OH is 1. The molecule has 2 nitrogen and oxygen atoms in total. The maximum absolute atomic E-state index is 9.42. The van der Waals surface area contributed by atoms with E-state index in [-0.39, 0.29) is 5.88 Å². The lowest BCUT2D eigenvalue weighted by atomic mass is 10.1. The lowest BCUT2D eigenvalue weighted by Crippen LogP contribution is -1.99. The summed E-state index contributed by atoms with van der Waals surface area (Å²) in [6.07, 6.45) is -0.722. The maximum atomic E-state index is 9.42. The number of rotatable bonds is 3. The van der Waals surface area contributed by atoms with Gasteiger partial charge in [-0.3, -0.25) is 0 Å². The first-order valence-corrected chi connectivity index (χ1v) is 4.67. The summed E-state index contributed by atoms with van der Waals surface area (Å²) in [5.41, 5.74) is 0.623. The molecule has 13 heavy (non-hydrogen) atoms. The van der Waals surface area contributed by atoms with Crippen LogP contribution >= 0.6 is 23.2 Å². The Morgan fingerprint density at radius 1 is 1.54 bits per heavy atom. The molecule has 1 unspecified atom stereocenters. The van der Waals surface area contributed by atoms with Gasteiger partial charge in [-0.1, -0.05) is 17.7 Å². The van der Waals surface area contributed by atoms with Gasteiger partial charge < -0.3 is 9.84 Å². The van der Waals surface area contributed by atoms with Gasteiger partial charge in [0.15, 0.2) is 0 Å². The van der Waals surface area contributed by atoms with E-state index in [2.05, 4.69) is 0 Å². The van der Waals surface area contributed by atoms with Crippen molar-refractivity contribution in [3.8, 4) is 5.75 Å². The summed E-state index contributed by atoms with van der Waals surface area (Å²) in [5.74, 6) is 0.794. The van der Waals surface area contributed by atoms with Crippen molar-refractivity contribution in [2.45, 2.75) is 6.10 Å². The van der Waals surface area contributed by atoms with Crippen LogP contribution in [0.15, 0.2) is 18.2 Å². The summed E-state index contributed by atoms with van der Waals surface area (Å²) >= 11 is 11.4. The number of alkyl halides is 1. The third kappa shape index (κ3) is 2.50. The molecule has 0 radical (unpaired) electrons. The number of aliphatic hydroxyl groups is 1. The van der Waals surface area contributed by atoms with Gasteiger partial charge in [0.1, 0.15) is 5.75 Å². The zero-order valence-electron chi connectivity index (χ0n) is 7.13. The van der Waals surface area contributed by atoms with Crippen LogP contribution in [0.4, 0.5) is 0 Å². The molecule has 0 saturated heterocycles. The van der Waals surface area contributed by atoms with E-state index >= 15 is 0 Å². The lowest BCUT2D eigenvalue weighted by molar-refractivity contribution is 0.202. The van der Waals surface area contributed by atoms with E-state index in [1.165, 1.54) is 0 Å². The summed E-state index contributed by atoms with van der Waals surface area (Å²) in [7, 11) is 1.56. The van der Waals surface area contributed by atoms with Gasteiger partial charge in [0.2, 0.25) is 0 Å². The summed E-state index contributed by atoms with van der Waals surface area (Å²) in [6, 6.07) is 5.08. The first-order valence-electron chi connectivity index (χ1n) is 3.76. The number of hydrogen-bond acceptors (Lipinski definition) is 2. The van der Waals surface area contributed by atoms with Crippen LogP contribution in [0.1, 0.15) is 11.7 Å². The summed E-state index contributed by atoms with van der Waals surface area (Å²) in [4.78, 5) is 0. The smallest absolute Gasteiger partial charge is 0.120 e. The van der Waals surface area contributed by atoms with Crippen molar-refractivity contribution in [2.24, 2.45) is 0 Å². The standard InChI is InChI=1S/C9H10Cl2O2/c1-13-6-2-3-7(8(11)4-6)9(12)5-10/h2-4,9,12H,5H2,1H3. The predicted octanol–water partition coefficient (Wildman–Crippen LogP) is 2.62. The molecule has 0 bridgehead atoms. The predicted molar refractivity (Wildman–Crippen MR) is 53.7 cm³/mol. The topological polar surface area (TPSA) is 29.5 Å². The van der Waals surface area contributed by atoms with Gasteiger partial charge in [0.25, 0.3) is 0 Å². The van der Waals surface area contributed by atoms with Crippen LogP contribution in [0.3, 0.4) is 0 Å². The van der Waals surface area contributed by atoms with Crippen molar-refractivity contribution < 1.29 is 9.84 Å². The van der Waals surface area contributed by atoms with Gasteiger partial charge in [-0.2, -0.15) is 0 Å². The first kappa shape index (κ1) is 10.6. The molecule has 72 valence electrons. The number of ether oxygens (including phenoxy) is 1. The van der Waals surface area contributed by atoms with E-state index in [9.17, 15) is 5.11 Å². The third-order valence-corrected chi connectivity index (χ3v) is 2.33. The molecule has 0 fully saturated rings. The van der Waals surface area contributed by atoms with E-state index in [0.29, 0.717) is 16.3 Å². The van der Waals surface area contributed by atoms with Crippen molar-refractivity contribution in [2.75, 3.05) is 13.0 Å². The largest absolute Gasteiger partial charge is 0.497 e. The minimum absolute atomic E-state index is 0.131. The SMILES string of the molecule is COc1ccc(C(O)CCl)c(Cl)c1. The molecule has 1 N–H and O–H groups in total. The molecule has 1 rings (SSSR count). The van der Waals surface area contributed by atoms with Crippen LogP contribution in [0.2, 0.25) is 5.02 Å². The molecule has 0 aromatic heterocycles. The maximum Gasteiger partial charge on any atom is 0.120 e. The van der Waals surface area contributed by atoms with E-state index in [0.717, 1.165) is 0 Å². The Balaban J connectivity index is 2.98. The Bertz CT molecular complexity index is 289. The fourth-order valence-electron chi connectivity index (χ4n) is 0.988. The van der Waals surface area contributed by atoms with Gasteiger partial charge in [-0.15, -0.1) is 11.6 Å². The van der Waals surface area contributed by atoms with Crippen LogP contribution in [-0.2, 0) is 0 Å². The quantitative estimate of drug-likeness (QED) is 0.795. The number of halogens is 2. The van der Waals surface area contributed by atoms with Crippen molar-refractivity contribution >= 4 is 23.2 Å². The highest BCUT2D eigenvalue weighted by atomic mass is 35.5. The normalized spacial score (nSPS) is 12.6. The molecule has 0 heterocycles. The summed E-state index contributed by atoms with van der Waals surface area (Å²) in [5, 5.41) is 9.88. The second-order valence-electron chi connectivity index (χ2n) is 2.56. The molecule has 0 aliphatic heterocycles. The summed E-state index contributed by atoms with van der Waals surface area (Å²) in [6.45, 7) is 0. The molecule has 1 atom stereocenters. The Morgan fingerprint density at radius 3 is 2.69 bits per heavy atom. The fourth-order valence-corrected chi connectivity index (χ4v) is 1.45. The zero-order valence-corrected chi connectivity index (χ0v) is 8.64. The molecule has 0 aliphatic rings. The lowest BCUT2D eigenvalue weighted by Gasteiger charge is -2.10. The molecule has 4 heteroatoms. The number of hydrogen-bond donors (Lipinski definition) is 1. The average molecular weight is 221 g/mol. The van der Waals surface area contributed by atoms with Crippen molar-refractivity contribution in [1.82, 2.24) is 0 Å². The molecular formula is C9H10Cl2O2. The highest BCUT2D eigenvalue weighted by molar-refractivity contribution is 6.31. The second kappa shape index (κ2) is 4.70. The average Bonchev–Trinajstić information content (AvgIpc) is 2.16. The van der Waals surface area contributed by atoms with Crippen molar-refractivity contribution in [3.63, 3.8) is 0 Å². The van der Waals surface area contributed by atoms with Crippen LogP contribution in [-0.4, -0.2) is 18.1 Å². The Morgan fingerprint density at radius 2 is 2.23 bits per heavy atom. The zero-order chi connectivity index (χ0) is 9.84. The minimum atomic E-state index is -0.722. The van der Waals surface area contributed by atoms with Gasteiger partial charge in [0, 0.05) is 5.56 Å². The summed E-state index contributed by atoms with van der Waals surface area (Å²) < 4.78 is 4.96. The Hall–Kier alpha value is -0.440. The van der Waals surface area contributed by atoms with Gasteiger partial charge in [-0.25, -0.2) is 0 Å². The molecule has 0 saturated carbocycles. The van der Waals surface area contributed by atoms with Crippen LogP contribution in [0.5, 0.6) is 5.75 Å². The second-order valence-corrected chi connectivity index (χ2v) is 3.27. The fraction of sp³-hybridized carbons (Fsp3) is 0.333. The highest BCUT2D eigenvalue weighted by Gasteiger charge is 2.10. The number of methoxy groups -OCH3 is 1. The first-order chi connectivity index (χ1) is 6.19. The Labute approximate surface area is 87.0 Å². The minimum Gasteiger partial charge on any atom is -0.497 e. The van der Waals surface area contributed by atoms with E-state index in [1.54, 1.807) is 25.3 Å². The van der Waals surface area contributed by atoms with Crippen LogP contribution < -0.4 is 4.74 Å². The van der Waals surface area contributed by atoms with E-state index in [4.69, 9.17) is 27.9 Å². The molecular weight excluding hydrogens is 211 g/mol. The molecule has 1 aromatic rings. The number of benzene rings is 1. The van der Waals surface area contributed by atoms with Gasteiger partial charge in [0.05, 0.1) is 24.1 Å². The van der Waals surface area contributed by atoms with Crippen LogP contribution in [0.25, 0.3) is 0 Å². The van der Waals surface area contributed by atoms with E-state index < -0.39 is 6.10 Å². The monoisotopic (exact) mass is 220 g/mol. The molecule has 1 aromatic carbocycles. The molecule has 0 spiro atoms. The van der Waals surface area contributed by atoms with E-state index in [1.807, 2.05) is 0 Å². The van der Waals surface area contributed by atoms with Gasteiger partial charge in [-0.05, 0) is 12.1 Å².